The summed E-state index contributed by atoms with van der Waals surface area (Å²) in [5, 5.41) is 0. The third-order valence-electron chi connectivity index (χ3n) is 2.09. The zero-order valence-electron chi connectivity index (χ0n) is 10.2. The molecule has 16 heavy (non-hydrogen) atoms. The van der Waals surface area contributed by atoms with Crippen LogP contribution in [0, 0.1) is 5.41 Å². The lowest BCUT2D eigenvalue weighted by atomic mass is 9.86. The van der Waals surface area contributed by atoms with Crippen LogP contribution in [0.3, 0.4) is 0 Å². The van der Waals surface area contributed by atoms with Crippen molar-refractivity contribution in [2.24, 2.45) is 5.41 Å². The number of ether oxygens (including phenoxy) is 2. The lowest BCUT2D eigenvalue weighted by Gasteiger charge is -2.20. The van der Waals surface area contributed by atoms with Crippen molar-refractivity contribution in [3.63, 3.8) is 0 Å². The van der Waals surface area contributed by atoms with Crippen LogP contribution < -0.4 is 0 Å². The molecule has 5 heteroatoms. The Morgan fingerprint density at radius 2 is 1.50 bits per heavy atom. The first-order chi connectivity index (χ1) is 7.36. The van der Waals surface area contributed by atoms with E-state index in [-0.39, 0.29) is 13.2 Å². The van der Waals surface area contributed by atoms with Gasteiger partial charge in [0.1, 0.15) is 11.8 Å². The van der Waals surface area contributed by atoms with Crippen LogP contribution in [0.2, 0.25) is 0 Å². The molecule has 0 N–H and O–H groups in total. The fourth-order valence-corrected chi connectivity index (χ4v) is 0.989. The minimum atomic E-state index is -1.30. The summed E-state index contributed by atoms with van der Waals surface area (Å²) < 4.78 is 9.39. The molecule has 0 aliphatic carbocycles. The molecule has 0 unspecified atom stereocenters. The Hall–Kier alpha value is -1.39. The standard InChI is InChI=1S/C11H18O5/c1-5-15-9(13)7-8(12)11(3,4)10(14)16-6-2/h5-7H2,1-4H3. The van der Waals surface area contributed by atoms with Gasteiger partial charge in [-0.1, -0.05) is 0 Å². The largest absolute Gasteiger partial charge is 0.466 e. The van der Waals surface area contributed by atoms with Gasteiger partial charge in [0.05, 0.1) is 13.2 Å². The Kier molecular flexibility index (Phi) is 5.71. The van der Waals surface area contributed by atoms with Crippen LogP contribution in [0.1, 0.15) is 34.1 Å². The first-order valence-electron chi connectivity index (χ1n) is 5.22. The van der Waals surface area contributed by atoms with Gasteiger partial charge in [-0.2, -0.15) is 0 Å². The molecule has 0 aliphatic rings. The van der Waals surface area contributed by atoms with E-state index in [0.717, 1.165) is 0 Å². The summed E-state index contributed by atoms with van der Waals surface area (Å²) in [7, 11) is 0. The average Bonchev–Trinajstić information content (AvgIpc) is 2.18. The zero-order chi connectivity index (χ0) is 12.8. The van der Waals surface area contributed by atoms with Crippen molar-refractivity contribution in [2.75, 3.05) is 13.2 Å². The van der Waals surface area contributed by atoms with Crippen LogP contribution in [0.25, 0.3) is 0 Å². The third kappa shape index (κ3) is 4.00. The van der Waals surface area contributed by atoms with E-state index in [1.807, 2.05) is 0 Å². The smallest absolute Gasteiger partial charge is 0.319 e. The first-order valence-corrected chi connectivity index (χ1v) is 5.22. The van der Waals surface area contributed by atoms with Crippen molar-refractivity contribution in [3.05, 3.63) is 0 Å². The number of Topliss-reactive ketones (excluding diaryl/α,β-unsaturated/α-hetero) is 1. The fraction of sp³-hybridized carbons (Fsp3) is 0.727. The Labute approximate surface area is 95.1 Å². The first kappa shape index (κ1) is 14.6. The molecule has 0 atom stereocenters. The van der Waals surface area contributed by atoms with Crippen molar-refractivity contribution in [1.29, 1.82) is 0 Å². The predicted molar refractivity (Wildman–Crippen MR) is 56.7 cm³/mol. The summed E-state index contributed by atoms with van der Waals surface area (Å²) in [4.78, 5) is 34.2. The van der Waals surface area contributed by atoms with Gasteiger partial charge in [0.2, 0.25) is 0 Å². The number of ketones is 1. The summed E-state index contributed by atoms with van der Waals surface area (Å²) in [6.45, 7) is 6.60. The minimum absolute atomic E-state index is 0.203. The molecule has 0 heterocycles. The van der Waals surface area contributed by atoms with E-state index < -0.39 is 29.6 Å². The molecule has 0 bridgehead atoms. The van der Waals surface area contributed by atoms with Crippen LogP contribution in [-0.2, 0) is 23.9 Å². The van der Waals surface area contributed by atoms with Crippen molar-refractivity contribution in [2.45, 2.75) is 34.1 Å². The molecule has 0 aromatic carbocycles. The molecule has 0 aromatic rings. The minimum Gasteiger partial charge on any atom is -0.466 e. The van der Waals surface area contributed by atoms with Crippen molar-refractivity contribution >= 4 is 17.7 Å². The maximum atomic E-state index is 11.7. The molecule has 0 aliphatic heterocycles. The summed E-state index contributed by atoms with van der Waals surface area (Å²) in [6, 6.07) is 0. The van der Waals surface area contributed by atoms with Crippen LogP contribution in [0.5, 0.6) is 0 Å². The van der Waals surface area contributed by atoms with Crippen LogP contribution in [0.15, 0.2) is 0 Å². The average molecular weight is 230 g/mol. The highest BCUT2D eigenvalue weighted by Gasteiger charge is 2.38. The van der Waals surface area contributed by atoms with Crippen molar-refractivity contribution < 1.29 is 23.9 Å². The Morgan fingerprint density at radius 1 is 1.00 bits per heavy atom. The molecule has 92 valence electrons. The number of esters is 2. The van der Waals surface area contributed by atoms with E-state index in [1.54, 1.807) is 13.8 Å². The van der Waals surface area contributed by atoms with E-state index in [4.69, 9.17) is 4.74 Å². The third-order valence-corrected chi connectivity index (χ3v) is 2.09. The number of carbonyl (C=O) groups excluding carboxylic acids is 3. The van der Waals surface area contributed by atoms with E-state index in [0.29, 0.717) is 0 Å². The fourth-order valence-electron chi connectivity index (χ4n) is 0.989. The Balaban J connectivity index is 4.46. The highest BCUT2D eigenvalue weighted by Crippen LogP contribution is 2.20. The lowest BCUT2D eigenvalue weighted by Crippen LogP contribution is -2.36. The highest BCUT2D eigenvalue weighted by atomic mass is 16.5. The number of hydrogen-bond acceptors (Lipinski definition) is 5. The van der Waals surface area contributed by atoms with Gasteiger partial charge in [-0.05, 0) is 27.7 Å². The van der Waals surface area contributed by atoms with E-state index >= 15 is 0 Å². The van der Waals surface area contributed by atoms with Crippen LogP contribution in [0.4, 0.5) is 0 Å². The second-order valence-electron chi connectivity index (χ2n) is 3.75. The molecule has 0 spiro atoms. The highest BCUT2D eigenvalue weighted by molar-refractivity contribution is 6.09. The zero-order valence-corrected chi connectivity index (χ0v) is 10.2. The second kappa shape index (κ2) is 6.25. The molecular formula is C11H18O5. The number of rotatable bonds is 6. The van der Waals surface area contributed by atoms with Gasteiger partial charge in [-0.25, -0.2) is 0 Å². The Bertz CT molecular complexity index is 280. The Morgan fingerprint density at radius 3 is 1.94 bits per heavy atom. The monoisotopic (exact) mass is 230 g/mol. The van der Waals surface area contributed by atoms with Gasteiger partial charge in [0, 0.05) is 0 Å². The lowest BCUT2D eigenvalue weighted by molar-refractivity contribution is -0.159. The van der Waals surface area contributed by atoms with Gasteiger partial charge in [-0.15, -0.1) is 0 Å². The normalized spacial score (nSPS) is 10.8. The van der Waals surface area contributed by atoms with Crippen molar-refractivity contribution in [1.82, 2.24) is 0 Å². The topological polar surface area (TPSA) is 69.7 Å². The molecule has 0 radical (unpaired) electrons. The second-order valence-corrected chi connectivity index (χ2v) is 3.75. The summed E-state index contributed by atoms with van der Waals surface area (Å²) in [5.41, 5.74) is -1.30. The van der Waals surface area contributed by atoms with E-state index in [2.05, 4.69) is 4.74 Å². The molecule has 5 nitrogen and oxygen atoms in total. The van der Waals surface area contributed by atoms with Crippen LogP contribution >= 0.6 is 0 Å². The molecule has 0 rings (SSSR count). The summed E-state index contributed by atoms with van der Waals surface area (Å²) in [6.07, 6.45) is -0.403. The van der Waals surface area contributed by atoms with Gasteiger partial charge in [0.15, 0.2) is 5.78 Å². The van der Waals surface area contributed by atoms with E-state index in [9.17, 15) is 14.4 Å². The van der Waals surface area contributed by atoms with Gasteiger partial charge in [-0.3, -0.25) is 14.4 Å². The van der Waals surface area contributed by atoms with Crippen molar-refractivity contribution in [3.8, 4) is 0 Å². The number of hydrogen-bond donors (Lipinski definition) is 0. The SMILES string of the molecule is CCOC(=O)CC(=O)C(C)(C)C(=O)OCC. The van der Waals surface area contributed by atoms with Gasteiger partial charge < -0.3 is 9.47 Å². The number of carbonyl (C=O) groups is 3. The molecule has 0 aromatic heterocycles. The summed E-state index contributed by atoms with van der Waals surface area (Å²) in [5.74, 6) is -1.74. The maximum Gasteiger partial charge on any atom is 0.319 e. The van der Waals surface area contributed by atoms with Gasteiger partial charge in [0.25, 0.3) is 0 Å². The van der Waals surface area contributed by atoms with Crippen LogP contribution in [-0.4, -0.2) is 30.9 Å². The molecule has 0 saturated carbocycles. The van der Waals surface area contributed by atoms with E-state index in [1.165, 1.54) is 13.8 Å². The van der Waals surface area contributed by atoms with Gasteiger partial charge >= 0.3 is 11.9 Å². The summed E-state index contributed by atoms with van der Waals surface area (Å²) >= 11 is 0. The predicted octanol–water partition coefficient (Wildman–Crippen LogP) is 1.10. The molecule has 0 saturated heterocycles. The maximum absolute atomic E-state index is 11.7. The molecule has 0 amide bonds. The quantitative estimate of drug-likeness (QED) is 0.504. The molecular weight excluding hydrogens is 212 g/mol. The molecule has 0 fully saturated rings.